The van der Waals surface area contributed by atoms with Gasteiger partial charge in [-0.15, -0.1) is 0 Å². The van der Waals surface area contributed by atoms with E-state index in [1.165, 1.54) is 0 Å². The van der Waals surface area contributed by atoms with Crippen LogP contribution in [0.3, 0.4) is 0 Å². The maximum atomic E-state index is 11.6. The van der Waals surface area contributed by atoms with Gasteiger partial charge in [-0.3, -0.25) is 4.79 Å². The Labute approximate surface area is 107 Å². The molecular formula is C12H22N2O4. The van der Waals surface area contributed by atoms with E-state index >= 15 is 0 Å². The van der Waals surface area contributed by atoms with Crippen molar-refractivity contribution in [3.05, 3.63) is 0 Å². The third kappa shape index (κ3) is 5.35. The Morgan fingerprint density at radius 2 is 2.28 bits per heavy atom. The first-order chi connectivity index (χ1) is 8.63. The molecule has 0 aliphatic carbocycles. The molecule has 6 nitrogen and oxygen atoms in total. The van der Waals surface area contributed by atoms with E-state index in [-0.39, 0.29) is 31.0 Å². The Morgan fingerprint density at radius 1 is 1.50 bits per heavy atom. The van der Waals surface area contributed by atoms with Crippen molar-refractivity contribution in [2.45, 2.75) is 45.3 Å². The predicted molar refractivity (Wildman–Crippen MR) is 66.2 cm³/mol. The second-order valence-corrected chi connectivity index (χ2v) is 4.30. The van der Waals surface area contributed by atoms with Gasteiger partial charge in [0.05, 0.1) is 18.8 Å². The average Bonchev–Trinajstić information content (AvgIpc) is 2.82. The normalized spacial score (nSPS) is 20.2. The Balaban J connectivity index is 2.11. The Morgan fingerprint density at radius 3 is 2.89 bits per heavy atom. The standard InChI is InChI=1S/C12H22N2O4/c1-3-17-12(16)13-7-6-11(15)14-9(2)10-5-4-8-18-10/h9-10H,3-8H2,1-2H3,(H,13,16)(H,14,15)/t9-,10+/m1/s1. The summed E-state index contributed by atoms with van der Waals surface area (Å²) < 4.78 is 10.2. The molecule has 18 heavy (non-hydrogen) atoms. The van der Waals surface area contributed by atoms with Gasteiger partial charge in [0, 0.05) is 19.6 Å². The molecule has 2 N–H and O–H groups in total. The Hall–Kier alpha value is -1.30. The van der Waals surface area contributed by atoms with Crippen LogP contribution in [0.5, 0.6) is 0 Å². The van der Waals surface area contributed by atoms with Crippen LogP contribution in [0.25, 0.3) is 0 Å². The van der Waals surface area contributed by atoms with Crippen molar-refractivity contribution >= 4 is 12.0 Å². The van der Waals surface area contributed by atoms with Crippen LogP contribution in [0.15, 0.2) is 0 Å². The molecule has 1 saturated heterocycles. The molecule has 1 heterocycles. The molecule has 0 unspecified atom stereocenters. The van der Waals surface area contributed by atoms with Crippen molar-refractivity contribution in [2.75, 3.05) is 19.8 Å². The molecule has 1 rings (SSSR count). The summed E-state index contributed by atoms with van der Waals surface area (Å²) in [5.74, 6) is -0.0881. The number of carbonyl (C=O) groups excluding carboxylic acids is 2. The van der Waals surface area contributed by atoms with E-state index in [9.17, 15) is 9.59 Å². The maximum absolute atomic E-state index is 11.6. The van der Waals surface area contributed by atoms with E-state index < -0.39 is 6.09 Å². The predicted octanol–water partition coefficient (Wildman–Crippen LogP) is 0.806. The van der Waals surface area contributed by atoms with Crippen molar-refractivity contribution in [1.29, 1.82) is 0 Å². The number of nitrogens with one attached hydrogen (secondary N) is 2. The fourth-order valence-electron chi connectivity index (χ4n) is 1.88. The monoisotopic (exact) mass is 258 g/mol. The number of alkyl carbamates (subject to hydrolysis) is 1. The highest BCUT2D eigenvalue weighted by molar-refractivity contribution is 5.77. The number of amides is 2. The largest absolute Gasteiger partial charge is 0.450 e. The molecule has 1 aliphatic heterocycles. The molecule has 0 aromatic carbocycles. The molecule has 0 radical (unpaired) electrons. The third-order valence-electron chi connectivity index (χ3n) is 2.81. The van der Waals surface area contributed by atoms with Crippen molar-refractivity contribution in [2.24, 2.45) is 0 Å². The molecule has 0 saturated carbocycles. The third-order valence-corrected chi connectivity index (χ3v) is 2.81. The number of hydrogen-bond acceptors (Lipinski definition) is 4. The first kappa shape index (κ1) is 14.8. The van der Waals surface area contributed by atoms with Gasteiger partial charge in [0.25, 0.3) is 0 Å². The van der Waals surface area contributed by atoms with Crippen molar-refractivity contribution in [3.8, 4) is 0 Å². The first-order valence-electron chi connectivity index (χ1n) is 6.45. The summed E-state index contributed by atoms with van der Waals surface area (Å²) in [6, 6.07) is 0.0163. The van der Waals surface area contributed by atoms with Crippen LogP contribution in [0.1, 0.15) is 33.1 Å². The van der Waals surface area contributed by atoms with Gasteiger partial charge in [0.1, 0.15) is 0 Å². The average molecular weight is 258 g/mol. The Kier molecular flexibility index (Phi) is 6.49. The molecule has 1 fully saturated rings. The van der Waals surface area contributed by atoms with Gasteiger partial charge in [-0.1, -0.05) is 0 Å². The summed E-state index contributed by atoms with van der Waals surface area (Å²) in [6.45, 7) is 5.05. The van der Waals surface area contributed by atoms with Crippen LogP contribution in [-0.2, 0) is 14.3 Å². The van der Waals surface area contributed by atoms with Crippen molar-refractivity contribution in [3.63, 3.8) is 0 Å². The molecule has 0 aromatic rings. The van der Waals surface area contributed by atoms with Crippen LogP contribution >= 0.6 is 0 Å². The summed E-state index contributed by atoms with van der Waals surface area (Å²) >= 11 is 0. The lowest BCUT2D eigenvalue weighted by Crippen LogP contribution is -2.42. The Bertz CT molecular complexity index is 277. The van der Waals surface area contributed by atoms with Crippen LogP contribution in [0.2, 0.25) is 0 Å². The maximum Gasteiger partial charge on any atom is 0.407 e. The molecule has 2 amide bonds. The van der Waals surface area contributed by atoms with Gasteiger partial charge in [-0.05, 0) is 26.7 Å². The minimum atomic E-state index is -0.488. The number of hydrogen-bond donors (Lipinski definition) is 2. The minimum absolute atomic E-state index is 0.0163. The highest BCUT2D eigenvalue weighted by Crippen LogP contribution is 2.15. The SMILES string of the molecule is CCOC(=O)NCCC(=O)N[C@H](C)[C@@H]1CCCO1. The van der Waals surface area contributed by atoms with E-state index in [2.05, 4.69) is 15.4 Å². The zero-order valence-electron chi connectivity index (χ0n) is 11.0. The molecule has 0 aromatic heterocycles. The molecular weight excluding hydrogens is 236 g/mol. The molecule has 104 valence electrons. The fraction of sp³-hybridized carbons (Fsp3) is 0.833. The van der Waals surface area contributed by atoms with Crippen molar-refractivity contribution in [1.82, 2.24) is 10.6 Å². The van der Waals surface area contributed by atoms with Gasteiger partial charge >= 0.3 is 6.09 Å². The molecule has 0 spiro atoms. The van der Waals surface area contributed by atoms with E-state index in [1.807, 2.05) is 6.92 Å². The van der Waals surface area contributed by atoms with E-state index in [0.717, 1.165) is 19.4 Å². The number of ether oxygens (including phenoxy) is 2. The minimum Gasteiger partial charge on any atom is -0.450 e. The first-order valence-corrected chi connectivity index (χ1v) is 6.45. The van der Waals surface area contributed by atoms with E-state index in [1.54, 1.807) is 6.92 Å². The summed E-state index contributed by atoms with van der Waals surface area (Å²) in [5.41, 5.74) is 0. The number of rotatable bonds is 6. The van der Waals surface area contributed by atoms with Gasteiger partial charge in [0.15, 0.2) is 0 Å². The second-order valence-electron chi connectivity index (χ2n) is 4.30. The lowest BCUT2D eigenvalue weighted by Gasteiger charge is -2.19. The zero-order chi connectivity index (χ0) is 13.4. The quantitative estimate of drug-likeness (QED) is 0.739. The lowest BCUT2D eigenvalue weighted by atomic mass is 10.1. The summed E-state index contributed by atoms with van der Waals surface area (Å²) in [4.78, 5) is 22.6. The summed E-state index contributed by atoms with van der Waals surface area (Å²) in [5, 5.41) is 5.38. The highest BCUT2D eigenvalue weighted by Gasteiger charge is 2.23. The summed E-state index contributed by atoms with van der Waals surface area (Å²) in [7, 11) is 0. The molecule has 2 atom stereocenters. The lowest BCUT2D eigenvalue weighted by molar-refractivity contribution is -0.122. The molecule has 0 bridgehead atoms. The topological polar surface area (TPSA) is 76.7 Å². The molecule has 6 heteroatoms. The van der Waals surface area contributed by atoms with E-state index in [0.29, 0.717) is 6.61 Å². The van der Waals surface area contributed by atoms with Crippen LogP contribution in [-0.4, -0.2) is 43.9 Å². The van der Waals surface area contributed by atoms with Crippen LogP contribution in [0, 0.1) is 0 Å². The van der Waals surface area contributed by atoms with Crippen molar-refractivity contribution < 1.29 is 19.1 Å². The van der Waals surface area contributed by atoms with Gasteiger partial charge in [-0.2, -0.15) is 0 Å². The molecule has 1 aliphatic rings. The number of carbonyl (C=O) groups is 2. The van der Waals surface area contributed by atoms with Crippen LogP contribution < -0.4 is 10.6 Å². The zero-order valence-corrected chi connectivity index (χ0v) is 11.0. The van der Waals surface area contributed by atoms with Gasteiger partial charge in [-0.25, -0.2) is 4.79 Å². The second kappa shape index (κ2) is 7.92. The fourth-order valence-corrected chi connectivity index (χ4v) is 1.88. The smallest absolute Gasteiger partial charge is 0.407 e. The van der Waals surface area contributed by atoms with E-state index in [4.69, 9.17) is 4.74 Å². The highest BCUT2D eigenvalue weighted by atomic mass is 16.5. The van der Waals surface area contributed by atoms with Gasteiger partial charge < -0.3 is 20.1 Å². The summed E-state index contributed by atoms with van der Waals surface area (Å²) in [6.07, 6.45) is 1.91. The van der Waals surface area contributed by atoms with Crippen LogP contribution in [0.4, 0.5) is 4.79 Å². The van der Waals surface area contributed by atoms with Gasteiger partial charge in [0.2, 0.25) is 5.91 Å².